The number of piperazine rings is 1. The SMILES string of the molecule is CCC(NC(CC(=O)N1CCN(C(=N)C(F)(F)F)C(=N)C1)Cc1cc(F)c(F)cc1F)c1ccccc1. The third-order valence-electron chi connectivity index (χ3n) is 6.17. The Morgan fingerprint density at radius 3 is 2.30 bits per heavy atom. The summed E-state index contributed by atoms with van der Waals surface area (Å²) in [6.45, 7) is 0.944. The molecule has 3 rings (SSSR count). The van der Waals surface area contributed by atoms with Gasteiger partial charge in [0, 0.05) is 37.7 Å². The third-order valence-corrected chi connectivity index (χ3v) is 6.17. The van der Waals surface area contributed by atoms with Crippen LogP contribution < -0.4 is 5.32 Å². The number of rotatable bonds is 8. The first-order valence-corrected chi connectivity index (χ1v) is 11.6. The smallest absolute Gasteiger partial charge is 0.333 e. The zero-order chi connectivity index (χ0) is 27.3. The summed E-state index contributed by atoms with van der Waals surface area (Å²) in [6.07, 6.45) is -4.72. The molecule has 2 atom stereocenters. The fraction of sp³-hybridized carbons (Fsp3) is 0.400. The third kappa shape index (κ3) is 7.09. The van der Waals surface area contributed by atoms with Crippen molar-refractivity contribution < 1.29 is 31.1 Å². The predicted octanol–water partition coefficient (Wildman–Crippen LogP) is 4.81. The molecule has 0 saturated carbocycles. The lowest BCUT2D eigenvalue weighted by Gasteiger charge is -2.37. The van der Waals surface area contributed by atoms with Gasteiger partial charge in [0.05, 0.1) is 6.54 Å². The van der Waals surface area contributed by atoms with E-state index in [0.717, 1.165) is 11.6 Å². The lowest BCUT2D eigenvalue weighted by atomic mass is 9.97. The summed E-state index contributed by atoms with van der Waals surface area (Å²) in [4.78, 5) is 14.8. The molecule has 0 aromatic heterocycles. The Bertz CT molecular complexity index is 1140. The number of benzene rings is 2. The van der Waals surface area contributed by atoms with Gasteiger partial charge in [0.15, 0.2) is 11.6 Å². The molecule has 3 N–H and O–H groups in total. The van der Waals surface area contributed by atoms with Crippen LogP contribution in [0.2, 0.25) is 0 Å². The van der Waals surface area contributed by atoms with E-state index < -0.39 is 53.8 Å². The number of nitrogens with zero attached hydrogens (tertiary/aromatic N) is 2. The van der Waals surface area contributed by atoms with Crippen molar-refractivity contribution in [3.8, 4) is 0 Å². The first kappa shape index (κ1) is 28.2. The molecule has 2 aromatic rings. The Balaban J connectivity index is 1.78. The summed E-state index contributed by atoms with van der Waals surface area (Å²) in [5.74, 6) is -6.26. The Hall–Kier alpha value is -3.41. The molecule has 0 bridgehead atoms. The first-order valence-electron chi connectivity index (χ1n) is 11.6. The fourth-order valence-electron chi connectivity index (χ4n) is 4.25. The van der Waals surface area contributed by atoms with Gasteiger partial charge >= 0.3 is 6.18 Å². The van der Waals surface area contributed by atoms with E-state index in [9.17, 15) is 31.1 Å². The molecule has 1 fully saturated rings. The van der Waals surface area contributed by atoms with Crippen molar-refractivity contribution in [2.75, 3.05) is 19.6 Å². The molecular weight excluding hydrogens is 500 g/mol. The maximum absolute atomic E-state index is 14.4. The standard InChI is InChI=1S/C25H27F6N5O/c1-2-21(15-6-4-3-5-7-15)34-17(10-16-11-19(27)20(28)13-18(16)26)12-23(37)35-8-9-36(22(32)14-35)24(33)25(29,30)31/h3-7,11,13,17,21,32-34H,2,8-10,12,14H2,1H3. The number of nitrogens with one attached hydrogen (secondary N) is 3. The Labute approximate surface area is 210 Å². The molecule has 37 heavy (non-hydrogen) atoms. The van der Waals surface area contributed by atoms with E-state index in [1.807, 2.05) is 37.3 Å². The highest BCUT2D eigenvalue weighted by Crippen LogP contribution is 2.23. The highest BCUT2D eigenvalue weighted by Gasteiger charge is 2.41. The van der Waals surface area contributed by atoms with Crippen molar-refractivity contribution in [1.82, 2.24) is 15.1 Å². The van der Waals surface area contributed by atoms with E-state index in [4.69, 9.17) is 10.8 Å². The average Bonchev–Trinajstić information content (AvgIpc) is 2.85. The average molecular weight is 528 g/mol. The van der Waals surface area contributed by atoms with Gasteiger partial charge in [-0.25, -0.2) is 13.2 Å². The topological polar surface area (TPSA) is 83.3 Å². The van der Waals surface area contributed by atoms with Gasteiger partial charge in [-0.15, -0.1) is 0 Å². The molecular formula is C25H27F6N5O. The zero-order valence-electron chi connectivity index (χ0n) is 20.0. The molecule has 2 unspecified atom stereocenters. The van der Waals surface area contributed by atoms with Crippen LogP contribution in [0.4, 0.5) is 26.3 Å². The number of carbonyl (C=O) groups is 1. The van der Waals surface area contributed by atoms with Crippen LogP contribution in [0.5, 0.6) is 0 Å². The van der Waals surface area contributed by atoms with E-state index in [1.165, 1.54) is 4.90 Å². The molecule has 1 aliphatic rings. The molecule has 12 heteroatoms. The second-order valence-electron chi connectivity index (χ2n) is 8.76. The zero-order valence-corrected chi connectivity index (χ0v) is 20.0. The highest BCUT2D eigenvalue weighted by molar-refractivity contribution is 6.02. The fourth-order valence-corrected chi connectivity index (χ4v) is 4.25. The van der Waals surface area contributed by atoms with Crippen LogP contribution in [0.3, 0.4) is 0 Å². The first-order chi connectivity index (χ1) is 17.4. The van der Waals surface area contributed by atoms with Gasteiger partial charge in [-0.2, -0.15) is 13.2 Å². The molecule has 1 heterocycles. The normalized spacial score (nSPS) is 16.0. The van der Waals surface area contributed by atoms with Crippen molar-refractivity contribution in [3.63, 3.8) is 0 Å². The van der Waals surface area contributed by atoms with Gasteiger partial charge in [-0.1, -0.05) is 37.3 Å². The number of hydrogen-bond acceptors (Lipinski definition) is 4. The van der Waals surface area contributed by atoms with Crippen molar-refractivity contribution in [2.45, 2.75) is 44.4 Å². The molecule has 1 saturated heterocycles. The number of carbonyl (C=O) groups excluding carboxylic acids is 1. The van der Waals surface area contributed by atoms with E-state index in [-0.39, 0.29) is 37.5 Å². The highest BCUT2D eigenvalue weighted by atomic mass is 19.4. The van der Waals surface area contributed by atoms with Crippen molar-refractivity contribution in [3.05, 3.63) is 71.0 Å². The van der Waals surface area contributed by atoms with E-state index in [1.54, 1.807) is 0 Å². The number of amidine groups is 2. The number of amides is 1. The summed E-state index contributed by atoms with van der Waals surface area (Å²) in [5, 5.41) is 18.5. The molecule has 2 aromatic carbocycles. The lowest BCUT2D eigenvalue weighted by Crippen LogP contribution is -2.57. The van der Waals surface area contributed by atoms with Crippen LogP contribution in [0.15, 0.2) is 42.5 Å². The number of alkyl halides is 3. The van der Waals surface area contributed by atoms with Gasteiger partial charge in [-0.3, -0.25) is 15.6 Å². The van der Waals surface area contributed by atoms with E-state index in [2.05, 4.69) is 5.32 Å². The summed E-state index contributed by atoms with van der Waals surface area (Å²) in [6, 6.07) is 9.42. The molecule has 0 spiro atoms. The summed E-state index contributed by atoms with van der Waals surface area (Å²) >= 11 is 0. The maximum atomic E-state index is 14.4. The second-order valence-corrected chi connectivity index (χ2v) is 8.76. The molecule has 1 aliphatic heterocycles. The van der Waals surface area contributed by atoms with Gasteiger partial charge in [0.1, 0.15) is 11.7 Å². The summed E-state index contributed by atoms with van der Waals surface area (Å²) < 4.78 is 80.3. The van der Waals surface area contributed by atoms with Crippen LogP contribution in [0, 0.1) is 28.3 Å². The predicted molar refractivity (Wildman–Crippen MR) is 126 cm³/mol. The Morgan fingerprint density at radius 2 is 1.70 bits per heavy atom. The molecule has 0 aliphatic carbocycles. The van der Waals surface area contributed by atoms with Crippen LogP contribution in [0.1, 0.15) is 36.9 Å². The van der Waals surface area contributed by atoms with E-state index >= 15 is 0 Å². The summed E-state index contributed by atoms with van der Waals surface area (Å²) in [5.41, 5.74) is 0.762. The Morgan fingerprint density at radius 1 is 1.05 bits per heavy atom. The molecule has 0 radical (unpaired) electrons. The van der Waals surface area contributed by atoms with Crippen LogP contribution >= 0.6 is 0 Å². The minimum absolute atomic E-state index is 0.136. The van der Waals surface area contributed by atoms with Crippen LogP contribution in [-0.2, 0) is 11.2 Å². The lowest BCUT2D eigenvalue weighted by molar-refractivity contribution is -0.131. The van der Waals surface area contributed by atoms with E-state index in [0.29, 0.717) is 17.4 Å². The minimum atomic E-state index is -4.92. The number of hydrogen-bond donors (Lipinski definition) is 3. The minimum Gasteiger partial charge on any atom is -0.333 e. The largest absolute Gasteiger partial charge is 0.449 e. The van der Waals surface area contributed by atoms with Crippen molar-refractivity contribution in [2.24, 2.45) is 0 Å². The van der Waals surface area contributed by atoms with Crippen molar-refractivity contribution in [1.29, 1.82) is 10.8 Å². The second kappa shape index (κ2) is 11.8. The van der Waals surface area contributed by atoms with Gasteiger partial charge in [0.2, 0.25) is 11.7 Å². The van der Waals surface area contributed by atoms with Crippen molar-refractivity contribution >= 4 is 17.6 Å². The Kier molecular flexibility index (Phi) is 8.95. The van der Waals surface area contributed by atoms with Crippen LogP contribution in [0.25, 0.3) is 0 Å². The van der Waals surface area contributed by atoms with Gasteiger partial charge in [0.25, 0.3) is 0 Å². The number of halogens is 6. The maximum Gasteiger partial charge on any atom is 0.449 e. The molecule has 6 nitrogen and oxygen atoms in total. The molecule has 1 amide bonds. The van der Waals surface area contributed by atoms with Gasteiger partial charge < -0.3 is 15.1 Å². The van der Waals surface area contributed by atoms with Crippen LogP contribution in [-0.4, -0.2) is 59.2 Å². The molecule has 200 valence electrons. The summed E-state index contributed by atoms with van der Waals surface area (Å²) in [7, 11) is 0. The monoisotopic (exact) mass is 527 g/mol. The van der Waals surface area contributed by atoms with Gasteiger partial charge in [-0.05, 0) is 30.0 Å². The quantitative estimate of drug-likeness (QED) is 0.200.